The molecule has 0 aliphatic heterocycles. The predicted octanol–water partition coefficient (Wildman–Crippen LogP) is 1.83. The van der Waals surface area contributed by atoms with Gasteiger partial charge < -0.3 is 24.3 Å². The van der Waals surface area contributed by atoms with E-state index in [1.165, 1.54) is 14.2 Å². The fourth-order valence-corrected chi connectivity index (χ4v) is 1.75. The van der Waals surface area contributed by atoms with Gasteiger partial charge in [0.25, 0.3) is 5.91 Å². The summed E-state index contributed by atoms with van der Waals surface area (Å²) in [5.74, 6) is 0.882. The summed E-state index contributed by atoms with van der Waals surface area (Å²) < 4.78 is 21.0. The molecule has 0 atom stereocenters. The Morgan fingerprint density at radius 1 is 1.05 bits per heavy atom. The zero-order valence-electron chi connectivity index (χ0n) is 13.0. The van der Waals surface area contributed by atoms with Crippen LogP contribution in [0, 0.1) is 0 Å². The zero-order valence-corrected chi connectivity index (χ0v) is 13.0. The minimum atomic E-state index is -0.448. The first-order valence-corrected chi connectivity index (χ1v) is 6.89. The fourth-order valence-electron chi connectivity index (χ4n) is 1.75. The molecule has 0 fully saturated rings. The van der Waals surface area contributed by atoms with Crippen LogP contribution < -0.4 is 14.8 Å². The molecule has 0 unspecified atom stereocenters. The van der Waals surface area contributed by atoms with Crippen molar-refractivity contribution in [3.63, 3.8) is 0 Å². The summed E-state index contributed by atoms with van der Waals surface area (Å²) in [7, 11) is 3.08. The second-order valence-corrected chi connectivity index (χ2v) is 4.15. The van der Waals surface area contributed by atoms with Gasteiger partial charge in [-0.25, -0.2) is 0 Å². The van der Waals surface area contributed by atoms with E-state index >= 15 is 0 Å². The maximum Gasteiger partial charge on any atom is 0.251 e. The van der Waals surface area contributed by atoms with E-state index < -0.39 is 6.29 Å². The van der Waals surface area contributed by atoms with Crippen molar-refractivity contribution < 1.29 is 23.7 Å². The van der Waals surface area contributed by atoms with Crippen molar-refractivity contribution in [2.24, 2.45) is 0 Å². The number of hydrogen-bond acceptors (Lipinski definition) is 5. The molecule has 0 spiro atoms. The first-order chi connectivity index (χ1) is 10.1. The molecule has 1 N–H and O–H groups in total. The molecule has 6 heteroatoms. The number of methoxy groups -OCH3 is 2. The second kappa shape index (κ2) is 9.20. The van der Waals surface area contributed by atoms with Crippen molar-refractivity contribution in [3.05, 3.63) is 23.8 Å². The first kappa shape index (κ1) is 17.3. The molecule has 1 aromatic carbocycles. The Balaban J connectivity index is 2.70. The van der Waals surface area contributed by atoms with Gasteiger partial charge in [-0.3, -0.25) is 4.79 Å². The van der Waals surface area contributed by atoms with Crippen LogP contribution in [0.5, 0.6) is 11.5 Å². The third-order valence-electron chi connectivity index (χ3n) is 2.75. The topological polar surface area (TPSA) is 66.0 Å². The standard InChI is InChI=1S/C15H23NO5/c1-5-20-14(21-6-2)10-16-15(17)11-7-12(18-3)9-13(8-11)19-4/h7-9,14H,5-6,10H2,1-4H3,(H,16,17). The Kier molecular flexibility index (Phi) is 7.56. The number of benzene rings is 1. The van der Waals surface area contributed by atoms with Crippen molar-refractivity contribution in [2.45, 2.75) is 20.1 Å². The molecule has 21 heavy (non-hydrogen) atoms. The highest BCUT2D eigenvalue weighted by atomic mass is 16.7. The van der Waals surface area contributed by atoms with Crippen molar-refractivity contribution in [2.75, 3.05) is 34.0 Å². The number of ether oxygens (including phenoxy) is 4. The summed E-state index contributed by atoms with van der Waals surface area (Å²) in [6.45, 7) is 5.07. The average molecular weight is 297 g/mol. The van der Waals surface area contributed by atoms with Gasteiger partial charge in [0, 0.05) is 24.8 Å². The van der Waals surface area contributed by atoms with Gasteiger partial charge in [0.1, 0.15) is 11.5 Å². The molecule has 1 aromatic rings. The molecular formula is C15H23NO5. The Morgan fingerprint density at radius 2 is 1.57 bits per heavy atom. The van der Waals surface area contributed by atoms with Crippen LogP contribution in [0.3, 0.4) is 0 Å². The SMILES string of the molecule is CCOC(CNC(=O)c1cc(OC)cc(OC)c1)OCC. The molecule has 0 saturated carbocycles. The number of carbonyl (C=O) groups is 1. The fraction of sp³-hybridized carbons (Fsp3) is 0.533. The van der Waals surface area contributed by atoms with E-state index in [1.54, 1.807) is 18.2 Å². The van der Waals surface area contributed by atoms with E-state index in [-0.39, 0.29) is 12.5 Å². The monoisotopic (exact) mass is 297 g/mol. The molecule has 0 aromatic heterocycles. The molecule has 1 amide bonds. The molecule has 0 bridgehead atoms. The molecule has 1 rings (SSSR count). The number of amides is 1. The Bertz CT molecular complexity index is 421. The van der Waals surface area contributed by atoms with Crippen LogP contribution in [-0.4, -0.2) is 46.2 Å². The van der Waals surface area contributed by atoms with Gasteiger partial charge in [0.05, 0.1) is 20.8 Å². The number of hydrogen-bond donors (Lipinski definition) is 1. The van der Waals surface area contributed by atoms with E-state index in [2.05, 4.69) is 5.32 Å². The lowest BCUT2D eigenvalue weighted by Gasteiger charge is -2.17. The van der Waals surface area contributed by atoms with Crippen LogP contribution >= 0.6 is 0 Å². The Hall–Kier alpha value is -1.79. The summed E-state index contributed by atoms with van der Waals surface area (Å²) in [4.78, 5) is 12.2. The third kappa shape index (κ3) is 5.61. The van der Waals surface area contributed by atoms with Crippen molar-refractivity contribution in [3.8, 4) is 11.5 Å². The number of rotatable bonds is 9. The predicted molar refractivity (Wildman–Crippen MR) is 78.9 cm³/mol. The van der Waals surface area contributed by atoms with Gasteiger partial charge >= 0.3 is 0 Å². The Morgan fingerprint density at radius 3 is 2.00 bits per heavy atom. The third-order valence-corrected chi connectivity index (χ3v) is 2.75. The van der Waals surface area contributed by atoms with Crippen molar-refractivity contribution in [1.82, 2.24) is 5.32 Å². The largest absolute Gasteiger partial charge is 0.497 e. The van der Waals surface area contributed by atoms with Gasteiger partial charge in [0.2, 0.25) is 0 Å². The maximum absolute atomic E-state index is 12.2. The summed E-state index contributed by atoms with van der Waals surface area (Å²) in [6, 6.07) is 5.00. The lowest BCUT2D eigenvalue weighted by Crippen LogP contribution is -2.35. The summed E-state index contributed by atoms with van der Waals surface area (Å²) in [5.41, 5.74) is 0.456. The zero-order chi connectivity index (χ0) is 15.7. The maximum atomic E-state index is 12.2. The molecular weight excluding hydrogens is 274 g/mol. The molecule has 0 heterocycles. The van der Waals surface area contributed by atoms with Gasteiger partial charge in [-0.05, 0) is 26.0 Å². The van der Waals surface area contributed by atoms with Gasteiger partial charge in [-0.1, -0.05) is 0 Å². The minimum Gasteiger partial charge on any atom is -0.497 e. The lowest BCUT2D eigenvalue weighted by atomic mass is 10.2. The van der Waals surface area contributed by atoms with E-state index in [0.29, 0.717) is 30.3 Å². The van der Waals surface area contributed by atoms with Gasteiger partial charge in [-0.15, -0.1) is 0 Å². The molecule has 0 saturated heterocycles. The molecule has 0 radical (unpaired) electrons. The Labute approximate surface area is 125 Å². The van der Waals surface area contributed by atoms with Crippen LogP contribution in [0.15, 0.2) is 18.2 Å². The summed E-state index contributed by atoms with van der Waals surface area (Å²) >= 11 is 0. The first-order valence-electron chi connectivity index (χ1n) is 6.89. The highest BCUT2D eigenvalue weighted by molar-refractivity contribution is 5.95. The normalized spacial score (nSPS) is 10.5. The van der Waals surface area contributed by atoms with Crippen LogP contribution in [0.2, 0.25) is 0 Å². The van der Waals surface area contributed by atoms with E-state index in [1.807, 2.05) is 13.8 Å². The van der Waals surface area contributed by atoms with Crippen LogP contribution in [0.4, 0.5) is 0 Å². The second-order valence-electron chi connectivity index (χ2n) is 4.15. The van der Waals surface area contributed by atoms with Crippen LogP contribution in [0.25, 0.3) is 0 Å². The highest BCUT2D eigenvalue weighted by Gasteiger charge is 2.13. The van der Waals surface area contributed by atoms with Gasteiger partial charge in [-0.2, -0.15) is 0 Å². The average Bonchev–Trinajstić information content (AvgIpc) is 2.52. The molecule has 6 nitrogen and oxygen atoms in total. The van der Waals surface area contributed by atoms with E-state index in [0.717, 1.165) is 0 Å². The lowest BCUT2D eigenvalue weighted by molar-refractivity contribution is -0.131. The highest BCUT2D eigenvalue weighted by Crippen LogP contribution is 2.22. The number of carbonyl (C=O) groups excluding carboxylic acids is 1. The van der Waals surface area contributed by atoms with Crippen LogP contribution in [0.1, 0.15) is 24.2 Å². The minimum absolute atomic E-state index is 0.239. The summed E-state index contributed by atoms with van der Waals surface area (Å²) in [6.07, 6.45) is -0.448. The van der Waals surface area contributed by atoms with Crippen LogP contribution in [-0.2, 0) is 9.47 Å². The van der Waals surface area contributed by atoms with Gasteiger partial charge in [0.15, 0.2) is 6.29 Å². The van der Waals surface area contributed by atoms with E-state index in [4.69, 9.17) is 18.9 Å². The molecule has 0 aliphatic carbocycles. The van der Waals surface area contributed by atoms with E-state index in [9.17, 15) is 4.79 Å². The summed E-state index contributed by atoms with van der Waals surface area (Å²) in [5, 5.41) is 2.77. The molecule has 0 aliphatic rings. The van der Waals surface area contributed by atoms with Crippen molar-refractivity contribution in [1.29, 1.82) is 0 Å². The quantitative estimate of drug-likeness (QED) is 0.704. The number of nitrogens with one attached hydrogen (secondary N) is 1. The van der Waals surface area contributed by atoms with Crippen molar-refractivity contribution >= 4 is 5.91 Å². The molecule has 118 valence electrons. The smallest absolute Gasteiger partial charge is 0.251 e.